The van der Waals surface area contributed by atoms with Gasteiger partial charge in [-0.15, -0.1) is 0 Å². The Bertz CT molecular complexity index is 445. The number of rotatable bonds is 2. The minimum atomic E-state index is -0.179. The molecule has 1 aromatic heterocycles. The number of hydrogen-bond donors (Lipinski definition) is 1. The largest absolute Gasteiger partial charge is 0.391 e. The number of pyridine rings is 1. The average Bonchev–Trinajstić information content (AvgIpc) is 2.88. The third-order valence-corrected chi connectivity index (χ3v) is 3.99. The van der Waals surface area contributed by atoms with Crippen LogP contribution in [0, 0.1) is 0 Å². The maximum absolute atomic E-state index is 9.98. The molecule has 1 aromatic rings. The molecule has 3 heteroatoms. The van der Waals surface area contributed by atoms with E-state index in [-0.39, 0.29) is 12.1 Å². The fourth-order valence-corrected chi connectivity index (χ4v) is 2.92. The summed E-state index contributed by atoms with van der Waals surface area (Å²) in [7, 11) is 2.10. The van der Waals surface area contributed by atoms with Crippen molar-refractivity contribution in [1.29, 1.82) is 0 Å². The van der Waals surface area contributed by atoms with Crippen molar-refractivity contribution in [3.05, 3.63) is 35.7 Å². The quantitative estimate of drug-likeness (QED) is 0.836. The molecule has 0 aromatic carbocycles. The van der Waals surface area contributed by atoms with Crippen LogP contribution in [-0.2, 0) is 6.42 Å². The first-order chi connectivity index (χ1) is 8.25. The first-order valence-electron chi connectivity index (χ1n) is 6.27. The smallest absolute Gasteiger partial charge is 0.0710 e. The van der Waals surface area contributed by atoms with Crippen LogP contribution >= 0.6 is 0 Å². The second kappa shape index (κ2) is 4.24. The Hall–Kier alpha value is -1.19. The summed E-state index contributed by atoms with van der Waals surface area (Å²) in [6.45, 7) is 0.999. The predicted octanol–water partition coefficient (Wildman–Crippen LogP) is 1.48. The third-order valence-electron chi connectivity index (χ3n) is 3.99. The molecule has 2 atom stereocenters. The zero-order chi connectivity index (χ0) is 11.8. The summed E-state index contributed by atoms with van der Waals surface area (Å²) in [5, 5.41) is 9.98. The van der Waals surface area contributed by atoms with Crippen molar-refractivity contribution >= 4 is 5.57 Å². The van der Waals surface area contributed by atoms with Crippen LogP contribution in [0.1, 0.15) is 24.1 Å². The van der Waals surface area contributed by atoms with Gasteiger partial charge in [0.15, 0.2) is 0 Å². The molecule has 3 rings (SSSR count). The third kappa shape index (κ3) is 1.90. The maximum atomic E-state index is 9.98. The number of nitrogens with zero attached hydrogens (tertiary/aromatic N) is 2. The number of aliphatic hydroxyl groups is 1. The lowest BCUT2D eigenvalue weighted by molar-refractivity contribution is 0.129. The molecule has 1 aliphatic carbocycles. The van der Waals surface area contributed by atoms with E-state index in [1.54, 1.807) is 0 Å². The Morgan fingerprint density at radius 2 is 2.41 bits per heavy atom. The SMILES string of the molecule is CN1CC[C@H](O)[C@H]1CC1=CCc2ncccc21. The van der Waals surface area contributed by atoms with Gasteiger partial charge in [-0.1, -0.05) is 12.1 Å². The van der Waals surface area contributed by atoms with Crippen molar-refractivity contribution in [3.8, 4) is 0 Å². The van der Waals surface area contributed by atoms with Crippen LogP contribution in [0.2, 0.25) is 0 Å². The van der Waals surface area contributed by atoms with E-state index in [4.69, 9.17) is 0 Å². The average molecular weight is 230 g/mol. The van der Waals surface area contributed by atoms with Gasteiger partial charge in [0.25, 0.3) is 0 Å². The van der Waals surface area contributed by atoms with E-state index in [9.17, 15) is 5.11 Å². The highest BCUT2D eigenvalue weighted by Gasteiger charge is 2.31. The molecular formula is C14H18N2O. The molecule has 90 valence electrons. The molecule has 0 amide bonds. The molecule has 17 heavy (non-hydrogen) atoms. The minimum absolute atomic E-state index is 0.179. The molecular weight excluding hydrogens is 212 g/mol. The van der Waals surface area contributed by atoms with Crippen molar-refractivity contribution in [3.63, 3.8) is 0 Å². The van der Waals surface area contributed by atoms with E-state index in [1.165, 1.54) is 16.8 Å². The number of allylic oxidation sites excluding steroid dienone is 1. The molecule has 2 aliphatic rings. The van der Waals surface area contributed by atoms with Crippen LogP contribution in [0.25, 0.3) is 5.57 Å². The Labute approximate surface area is 102 Å². The van der Waals surface area contributed by atoms with Crippen LogP contribution < -0.4 is 0 Å². The summed E-state index contributed by atoms with van der Waals surface area (Å²) in [4.78, 5) is 6.66. The summed E-state index contributed by atoms with van der Waals surface area (Å²) in [5.41, 5.74) is 3.81. The van der Waals surface area contributed by atoms with Gasteiger partial charge in [0.2, 0.25) is 0 Å². The monoisotopic (exact) mass is 230 g/mol. The number of fused-ring (bicyclic) bond motifs is 1. The molecule has 0 bridgehead atoms. The number of likely N-dealkylation sites (N-methyl/N-ethyl adjacent to an activating group) is 1. The maximum Gasteiger partial charge on any atom is 0.0710 e. The van der Waals surface area contributed by atoms with Crippen LogP contribution in [0.5, 0.6) is 0 Å². The van der Waals surface area contributed by atoms with E-state index >= 15 is 0 Å². The van der Waals surface area contributed by atoms with Gasteiger partial charge in [0.1, 0.15) is 0 Å². The van der Waals surface area contributed by atoms with Gasteiger partial charge in [-0.3, -0.25) is 4.98 Å². The van der Waals surface area contributed by atoms with Gasteiger partial charge in [-0.05, 0) is 37.1 Å². The van der Waals surface area contributed by atoms with Crippen LogP contribution in [0.3, 0.4) is 0 Å². The van der Waals surface area contributed by atoms with Crippen molar-refractivity contribution < 1.29 is 5.11 Å². The Balaban J connectivity index is 1.79. The predicted molar refractivity (Wildman–Crippen MR) is 67.6 cm³/mol. The van der Waals surface area contributed by atoms with Crippen molar-refractivity contribution in [2.24, 2.45) is 0 Å². The zero-order valence-electron chi connectivity index (χ0n) is 10.1. The van der Waals surface area contributed by atoms with Gasteiger partial charge >= 0.3 is 0 Å². The molecule has 1 saturated heterocycles. The molecule has 1 fully saturated rings. The normalized spacial score (nSPS) is 28.2. The lowest BCUT2D eigenvalue weighted by Crippen LogP contribution is -2.32. The Morgan fingerprint density at radius 3 is 3.18 bits per heavy atom. The van der Waals surface area contributed by atoms with Crippen molar-refractivity contribution in [2.75, 3.05) is 13.6 Å². The second-order valence-electron chi connectivity index (χ2n) is 5.04. The minimum Gasteiger partial charge on any atom is -0.391 e. The van der Waals surface area contributed by atoms with E-state index in [0.29, 0.717) is 0 Å². The molecule has 1 aliphatic heterocycles. The van der Waals surface area contributed by atoms with Gasteiger partial charge in [0.05, 0.1) is 11.8 Å². The topological polar surface area (TPSA) is 36.4 Å². The molecule has 0 spiro atoms. The molecule has 3 nitrogen and oxygen atoms in total. The number of hydrogen-bond acceptors (Lipinski definition) is 3. The molecule has 0 radical (unpaired) electrons. The lowest BCUT2D eigenvalue weighted by atomic mass is 9.99. The summed E-state index contributed by atoms with van der Waals surface area (Å²) in [6.07, 6.45) is 6.72. The number of likely N-dealkylation sites (tertiary alicyclic amines) is 1. The summed E-state index contributed by atoms with van der Waals surface area (Å²) in [6, 6.07) is 4.40. The van der Waals surface area contributed by atoms with Gasteiger partial charge in [0, 0.05) is 25.2 Å². The second-order valence-corrected chi connectivity index (χ2v) is 5.04. The first kappa shape index (κ1) is 10.9. The van der Waals surface area contributed by atoms with Crippen molar-refractivity contribution in [1.82, 2.24) is 9.88 Å². The standard InChI is InChI=1S/C14H18N2O/c1-16-8-6-14(17)13(16)9-10-4-5-12-11(10)3-2-7-15-12/h2-4,7,13-14,17H,5-6,8-9H2,1H3/t13-,14+/m1/s1. The fourth-order valence-electron chi connectivity index (χ4n) is 2.92. The van der Waals surface area contributed by atoms with Gasteiger partial charge in [-0.25, -0.2) is 0 Å². The fraction of sp³-hybridized carbons (Fsp3) is 0.500. The molecule has 0 unspecified atom stereocenters. The lowest BCUT2D eigenvalue weighted by Gasteiger charge is -2.22. The number of aromatic nitrogens is 1. The van der Waals surface area contributed by atoms with Crippen LogP contribution in [0.4, 0.5) is 0 Å². The summed E-state index contributed by atoms with van der Waals surface area (Å²) < 4.78 is 0. The van der Waals surface area contributed by atoms with Crippen LogP contribution in [-0.4, -0.2) is 40.7 Å². The van der Waals surface area contributed by atoms with Gasteiger partial charge in [-0.2, -0.15) is 0 Å². The number of aliphatic hydroxyl groups excluding tert-OH is 1. The summed E-state index contributed by atoms with van der Waals surface area (Å²) >= 11 is 0. The van der Waals surface area contributed by atoms with Gasteiger partial charge < -0.3 is 10.0 Å². The Morgan fingerprint density at radius 1 is 1.53 bits per heavy atom. The highest BCUT2D eigenvalue weighted by Crippen LogP contribution is 2.32. The van der Waals surface area contributed by atoms with E-state index < -0.39 is 0 Å². The zero-order valence-corrected chi connectivity index (χ0v) is 10.1. The molecule has 1 N–H and O–H groups in total. The van der Waals surface area contributed by atoms with E-state index in [0.717, 1.165) is 25.8 Å². The highest BCUT2D eigenvalue weighted by atomic mass is 16.3. The van der Waals surface area contributed by atoms with Crippen LogP contribution in [0.15, 0.2) is 24.4 Å². The van der Waals surface area contributed by atoms with E-state index in [1.807, 2.05) is 12.3 Å². The molecule has 0 saturated carbocycles. The van der Waals surface area contributed by atoms with Crippen molar-refractivity contribution in [2.45, 2.75) is 31.4 Å². The highest BCUT2D eigenvalue weighted by molar-refractivity contribution is 5.72. The molecule has 2 heterocycles. The van der Waals surface area contributed by atoms with E-state index in [2.05, 4.69) is 29.1 Å². The first-order valence-corrected chi connectivity index (χ1v) is 6.27. The summed E-state index contributed by atoms with van der Waals surface area (Å²) in [5.74, 6) is 0. The Kier molecular flexibility index (Phi) is 2.73.